The number of benzene rings is 1. The number of likely N-dealkylation sites (N-methyl/N-ethyl adjacent to an activating group) is 1. The van der Waals surface area contributed by atoms with E-state index in [9.17, 15) is 0 Å². The molecule has 0 heterocycles. The molecule has 84 valence electrons. The fourth-order valence-corrected chi connectivity index (χ4v) is 1.86. The molecule has 1 aromatic rings. The zero-order chi connectivity index (χ0) is 11.1. The molecule has 1 unspecified atom stereocenters. The van der Waals surface area contributed by atoms with Crippen LogP contribution in [0.2, 0.25) is 0 Å². The van der Waals surface area contributed by atoms with E-state index in [0.29, 0.717) is 0 Å². The van der Waals surface area contributed by atoms with Crippen LogP contribution in [0.4, 0.5) is 0 Å². The van der Waals surface area contributed by atoms with Gasteiger partial charge < -0.3 is 10.1 Å². The van der Waals surface area contributed by atoms with E-state index in [1.54, 1.807) is 0 Å². The molecular formula is C12H18BrNO. The summed E-state index contributed by atoms with van der Waals surface area (Å²) in [6, 6.07) is 7.98. The summed E-state index contributed by atoms with van der Waals surface area (Å²) in [6.07, 6.45) is 2.47. The van der Waals surface area contributed by atoms with Gasteiger partial charge in [0.15, 0.2) is 0 Å². The lowest BCUT2D eigenvalue weighted by molar-refractivity contribution is 0.189. The highest BCUT2D eigenvalue weighted by molar-refractivity contribution is 9.10. The second-order valence-electron chi connectivity index (χ2n) is 3.54. The van der Waals surface area contributed by atoms with Crippen LogP contribution in [0.1, 0.15) is 19.8 Å². The monoisotopic (exact) mass is 271 g/mol. The highest BCUT2D eigenvalue weighted by Crippen LogP contribution is 2.19. The van der Waals surface area contributed by atoms with Crippen molar-refractivity contribution in [2.75, 3.05) is 13.6 Å². The summed E-state index contributed by atoms with van der Waals surface area (Å²) in [5, 5.41) is 3.15. The average Bonchev–Trinajstić information content (AvgIpc) is 2.18. The van der Waals surface area contributed by atoms with E-state index in [1.165, 1.54) is 0 Å². The lowest BCUT2D eigenvalue weighted by atomic mass is 10.2. The van der Waals surface area contributed by atoms with Gasteiger partial charge in [-0.2, -0.15) is 0 Å². The zero-order valence-corrected chi connectivity index (χ0v) is 10.9. The molecule has 0 bridgehead atoms. The van der Waals surface area contributed by atoms with Crippen molar-refractivity contribution in [3.63, 3.8) is 0 Å². The van der Waals surface area contributed by atoms with Crippen molar-refractivity contribution in [3.8, 4) is 5.75 Å². The first-order valence-corrected chi connectivity index (χ1v) is 6.12. The minimum Gasteiger partial charge on any atom is -0.489 e. The molecule has 0 aliphatic carbocycles. The molecule has 1 N–H and O–H groups in total. The summed E-state index contributed by atoms with van der Waals surface area (Å²) in [6.45, 7) is 3.06. The quantitative estimate of drug-likeness (QED) is 0.858. The van der Waals surface area contributed by atoms with Gasteiger partial charge in [0.25, 0.3) is 0 Å². The van der Waals surface area contributed by atoms with Crippen molar-refractivity contribution in [3.05, 3.63) is 28.7 Å². The van der Waals surface area contributed by atoms with Crippen LogP contribution in [0.25, 0.3) is 0 Å². The van der Waals surface area contributed by atoms with E-state index >= 15 is 0 Å². The van der Waals surface area contributed by atoms with Gasteiger partial charge in [-0.1, -0.05) is 35.3 Å². The van der Waals surface area contributed by atoms with Gasteiger partial charge in [-0.15, -0.1) is 0 Å². The molecule has 0 saturated heterocycles. The molecule has 0 radical (unpaired) electrons. The average molecular weight is 272 g/mol. The Morgan fingerprint density at radius 2 is 2.27 bits per heavy atom. The number of ether oxygens (including phenoxy) is 1. The van der Waals surface area contributed by atoms with E-state index in [4.69, 9.17) is 4.74 Å². The molecule has 0 amide bonds. The maximum atomic E-state index is 5.88. The number of halogens is 1. The Morgan fingerprint density at radius 1 is 1.47 bits per heavy atom. The Balaban J connectivity index is 2.56. The molecule has 0 aliphatic rings. The van der Waals surface area contributed by atoms with E-state index in [2.05, 4.69) is 28.2 Å². The van der Waals surface area contributed by atoms with E-state index in [-0.39, 0.29) is 6.10 Å². The van der Waals surface area contributed by atoms with Crippen LogP contribution < -0.4 is 10.1 Å². The molecule has 1 rings (SSSR count). The number of hydrogen-bond donors (Lipinski definition) is 1. The van der Waals surface area contributed by atoms with Crippen molar-refractivity contribution in [1.82, 2.24) is 5.32 Å². The molecule has 0 saturated carbocycles. The van der Waals surface area contributed by atoms with Gasteiger partial charge in [0.05, 0.1) is 0 Å². The molecule has 1 aromatic carbocycles. The molecule has 0 fully saturated rings. The van der Waals surface area contributed by atoms with Crippen LogP contribution in [-0.4, -0.2) is 19.7 Å². The van der Waals surface area contributed by atoms with Gasteiger partial charge in [0.1, 0.15) is 11.9 Å². The molecule has 2 nitrogen and oxygen atoms in total. The molecule has 3 heteroatoms. The van der Waals surface area contributed by atoms with Gasteiger partial charge in [0.2, 0.25) is 0 Å². The Hall–Kier alpha value is -0.540. The fourth-order valence-electron chi connectivity index (χ4n) is 1.49. The second-order valence-corrected chi connectivity index (χ2v) is 4.46. The minimum atomic E-state index is 0.259. The molecular weight excluding hydrogens is 254 g/mol. The van der Waals surface area contributed by atoms with E-state index in [1.807, 2.05) is 31.3 Å². The van der Waals surface area contributed by atoms with Crippen LogP contribution in [0.5, 0.6) is 5.75 Å². The minimum absolute atomic E-state index is 0.259. The third-order valence-electron chi connectivity index (χ3n) is 2.14. The summed E-state index contributed by atoms with van der Waals surface area (Å²) < 4.78 is 6.94. The highest BCUT2D eigenvalue weighted by atomic mass is 79.9. The van der Waals surface area contributed by atoms with Crippen LogP contribution in [-0.2, 0) is 0 Å². The van der Waals surface area contributed by atoms with Gasteiger partial charge >= 0.3 is 0 Å². The largest absolute Gasteiger partial charge is 0.489 e. The van der Waals surface area contributed by atoms with Crippen molar-refractivity contribution >= 4 is 15.9 Å². The molecule has 0 spiro atoms. The van der Waals surface area contributed by atoms with Gasteiger partial charge in [-0.25, -0.2) is 0 Å². The number of nitrogens with one attached hydrogen (secondary N) is 1. The van der Waals surface area contributed by atoms with Gasteiger partial charge in [-0.05, 0) is 31.7 Å². The first-order chi connectivity index (χ1) is 7.26. The summed E-state index contributed by atoms with van der Waals surface area (Å²) in [5.41, 5.74) is 0. The summed E-state index contributed by atoms with van der Waals surface area (Å²) >= 11 is 3.43. The molecule has 0 aliphatic heterocycles. The second kappa shape index (κ2) is 6.85. The molecule has 1 atom stereocenters. The number of rotatable bonds is 6. The van der Waals surface area contributed by atoms with E-state index in [0.717, 1.165) is 29.6 Å². The Bertz CT molecular complexity index is 285. The third-order valence-corrected chi connectivity index (χ3v) is 2.63. The van der Waals surface area contributed by atoms with Crippen LogP contribution in [0, 0.1) is 0 Å². The van der Waals surface area contributed by atoms with Gasteiger partial charge in [0, 0.05) is 11.0 Å². The maximum Gasteiger partial charge on any atom is 0.120 e. The van der Waals surface area contributed by atoms with Crippen LogP contribution in [0.15, 0.2) is 28.7 Å². The first kappa shape index (κ1) is 12.5. The summed E-state index contributed by atoms with van der Waals surface area (Å²) in [4.78, 5) is 0. The SMILES string of the molecule is CCCC(CNC)Oc1cccc(Br)c1. The van der Waals surface area contributed by atoms with Crippen molar-refractivity contribution in [2.45, 2.75) is 25.9 Å². The zero-order valence-electron chi connectivity index (χ0n) is 9.29. The Kier molecular flexibility index (Phi) is 5.73. The Labute approximate surface area is 100 Å². The predicted octanol–water partition coefficient (Wildman–Crippen LogP) is 3.22. The van der Waals surface area contributed by atoms with Crippen molar-refractivity contribution in [2.24, 2.45) is 0 Å². The fraction of sp³-hybridized carbons (Fsp3) is 0.500. The van der Waals surface area contributed by atoms with E-state index < -0.39 is 0 Å². The predicted molar refractivity (Wildman–Crippen MR) is 67.4 cm³/mol. The number of hydrogen-bond acceptors (Lipinski definition) is 2. The standard InChI is InChI=1S/C12H18BrNO/c1-3-5-12(9-14-2)15-11-7-4-6-10(13)8-11/h4,6-8,12,14H,3,5,9H2,1-2H3. The van der Waals surface area contributed by atoms with Gasteiger partial charge in [-0.3, -0.25) is 0 Å². The topological polar surface area (TPSA) is 21.3 Å². The maximum absolute atomic E-state index is 5.88. The van der Waals surface area contributed by atoms with Crippen molar-refractivity contribution in [1.29, 1.82) is 0 Å². The third kappa shape index (κ3) is 4.67. The van der Waals surface area contributed by atoms with Crippen LogP contribution in [0.3, 0.4) is 0 Å². The van der Waals surface area contributed by atoms with Crippen molar-refractivity contribution < 1.29 is 4.74 Å². The smallest absolute Gasteiger partial charge is 0.120 e. The highest BCUT2D eigenvalue weighted by Gasteiger charge is 2.08. The lowest BCUT2D eigenvalue weighted by Gasteiger charge is -2.18. The molecule has 15 heavy (non-hydrogen) atoms. The summed E-state index contributed by atoms with van der Waals surface area (Å²) in [5.74, 6) is 0.929. The Morgan fingerprint density at radius 3 is 2.87 bits per heavy atom. The normalized spacial score (nSPS) is 12.5. The first-order valence-electron chi connectivity index (χ1n) is 5.33. The van der Waals surface area contributed by atoms with Crippen LogP contribution >= 0.6 is 15.9 Å². The lowest BCUT2D eigenvalue weighted by Crippen LogP contribution is -2.29. The molecule has 0 aromatic heterocycles. The summed E-state index contributed by atoms with van der Waals surface area (Å²) in [7, 11) is 1.95.